The van der Waals surface area contributed by atoms with Crippen LogP contribution < -0.4 is 5.32 Å². The molecule has 21 heavy (non-hydrogen) atoms. The van der Waals surface area contributed by atoms with Crippen LogP contribution in [-0.2, 0) is 4.74 Å². The Morgan fingerprint density at radius 3 is 3.05 bits per heavy atom. The van der Waals surface area contributed by atoms with Gasteiger partial charge in [-0.05, 0) is 37.6 Å². The zero-order chi connectivity index (χ0) is 15.2. The highest BCUT2D eigenvalue weighted by molar-refractivity contribution is 9.10. The SMILES string of the molecule is COCCN(CC1CCCN1)C(=O)c1cc(Br)ccc1F. The fourth-order valence-electron chi connectivity index (χ4n) is 2.49. The Bertz CT molecular complexity index is 493. The summed E-state index contributed by atoms with van der Waals surface area (Å²) in [7, 11) is 1.59. The number of halogens is 2. The van der Waals surface area contributed by atoms with E-state index < -0.39 is 5.82 Å². The van der Waals surface area contributed by atoms with Gasteiger partial charge in [0.15, 0.2) is 0 Å². The van der Waals surface area contributed by atoms with Crippen LogP contribution in [0.4, 0.5) is 4.39 Å². The molecule has 0 aromatic heterocycles. The summed E-state index contributed by atoms with van der Waals surface area (Å²) in [4.78, 5) is 14.3. The second-order valence-corrected chi connectivity index (χ2v) is 6.08. The monoisotopic (exact) mass is 358 g/mol. The standard InChI is InChI=1S/C15H20BrFN2O2/c1-21-8-7-19(10-12-3-2-6-18-12)15(20)13-9-11(16)4-5-14(13)17/h4-5,9,12,18H,2-3,6-8,10H2,1H3. The number of rotatable bonds is 6. The number of nitrogens with zero attached hydrogens (tertiary/aromatic N) is 1. The molecule has 1 unspecified atom stereocenters. The first kappa shape index (κ1) is 16.4. The van der Waals surface area contributed by atoms with Crippen LogP contribution >= 0.6 is 15.9 Å². The highest BCUT2D eigenvalue weighted by atomic mass is 79.9. The van der Waals surface area contributed by atoms with Gasteiger partial charge in [-0.1, -0.05) is 15.9 Å². The number of hydrogen-bond donors (Lipinski definition) is 1. The minimum absolute atomic E-state index is 0.0958. The Morgan fingerprint density at radius 1 is 1.57 bits per heavy atom. The van der Waals surface area contributed by atoms with Gasteiger partial charge in [0.25, 0.3) is 5.91 Å². The summed E-state index contributed by atoms with van der Waals surface area (Å²) in [6.07, 6.45) is 2.15. The molecule has 2 rings (SSSR count). The van der Waals surface area contributed by atoms with E-state index in [0.29, 0.717) is 24.2 Å². The van der Waals surface area contributed by atoms with E-state index in [4.69, 9.17) is 4.74 Å². The van der Waals surface area contributed by atoms with Gasteiger partial charge < -0.3 is 15.0 Å². The van der Waals surface area contributed by atoms with E-state index in [1.165, 1.54) is 12.1 Å². The molecule has 1 aromatic rings. The molecular formula is C15H20BrFN2O2. The van der Waals surface area contributed by atoms with Gasteiger partial charge in [0.05, 0.1) is 12.2 Å². The normalized spacial score (nSPS) is 18.0. The van der Waals surface area contributed by atoms with Crippen LogP contribution in [0.25, 0.3) is 0 Å². The number of hydrogen-bond acceptors (Lipinski definition) is 3. The van der Waals surface area contributed by atoms with E-state index in [-0.39, 0.29) is 17.5 Å². The van der Waals surface area contributed by atoms with E-state index in [1.54, 1.807) is 18.1 Å². The molecule has 1 saturated heterocycles. The molecule has 1 atom stereocenters. The minimum atomic E-state index is -0.495. The van der Waals surface area contributed by atoms with E-state index in [1.807, 2.05) is 0 Å². The van der Waals surface area contributed by atoms with Crippen LogP contribution in [0.2, 0.25) is 0 Å². The molecule has 0 aliphatic carbocycles. The van der Waals surface area contributed by atoms with Crippen LogP contribution in [0.1, 0.15) is 23.2 Å². The Hall–Kier alpha value is -0.980. The van der Waals surface area contributed by atoms with Crippen LogP contribution in [0.15, 0.2) is 22.7 Å². The van der Waals surface area contributed by atoms with Crippen molar-refractivity contribution in [1.29, 1.82) is 0 Å². The molecule has 0 bridgehead atoms. The van der Waals surface area contributed by atoms with Crippen molar-refractivity contribution in [2.24, 2.45) is 0 Å². The number of benzene rings is 1. The van der Waals surface area contributed by atoms with Crippen LogP contribution in [-0.4, -0.2) is 50.2 Å². The molecule has 0 saturated carbocycles. The van der Waals surface area contributed by atoms with Crippen molar-refractivity contribution in [3.8, 4) is 0 Å². The Morgan fingerprint density at radius 2 is 2.38 bits per heavy atom. The molecule has 1 heterocycles. The molecular weight excluding hydrogens is 339 g/mol. The number of nitrogens with one attached hydrogen (secondary N) is 1. The first-order valence-electron chi connectivity index (χ1n) is 7.08. The zero-order valence-electron chi connectivity index (χ0n) is 12.1. The maximum absolute atomic E-state index is 13.9. The van der Waals surface area contributed by atoms with Crippen LogP contribution in [0.3, 0.4) is 0 Å². The second-order valence-electron chi connectivity index (χ2n) is 5.16. The van der Waals surface area contributed by atoms with Gasteiger partial charge in [0, 0.05) is 30.7 Å². The summed E-state index contributed by atoms with van der Waals surface area (Å²) in [5, 5.41) is 3.36. The summed E-state index contributed by atoms with van der Waals surface area (Å²) < 4.78 is 19.7. The van der Waals surface area contributed by atoms with Gasteiger partial charge in [-0.3, -0.25) is 4.79 Å². The molecule has 6 heteroatoms. The van der Waals surface area contributed by atoms with Gasteiger partial charge >= 0.3 is 0 Å². The predicted molar refractivity (Wildman–Crippen MR) is 82.9 cm³/mol. The van der Waals surface area contributed by atoms with Crippen molar-refractivity contribution in [3.63, 3.8) is 0 Å². The van der Waals surface area contributed by atoms with Crippen molar-refractivity contribution < 1.29 is 13.9 Å². The summed E-state index contributed by atoms with van der Waals surface area (Å²) >= 11 is 3.28. The molecule has 1 aromatic carbocycles. The van der Waals surface area contributed by atoms with Crippen molar-refractivity contribution in [3.05, 3.63) is 34.1 Å². The lowest BCUT2D eigenvalue weighted by molar-refractivity contribution is 0.0674. The van der Waals surface area contributed by atoms with Crippen molar-refractivity contribution in [2.75, 3.05) is 33.4 Å². The first-order valence-corrected chi connectivity index (χ1v) is 7.87. The van der Waals surface area contributed by atoms with Gasteiger partial charge in [0.1, 0.15) is 5.82 Å². The fourth-order valence-corrected chi connectivity index (χ4v) is 2.85. The van der Waals surface area contributed by atoms with Crippen molar-refractivity contribution in [1.82, 2.24) is 10.2 Å². The number of amides is 1. The number of carbonyl (C=O) groups is 1. The topological polar surface area (TPSA) is 41.6 Å². The van der Waals surface area contributed by atoms with Crippen LogP contribution in [0.5, 0.6) is 0 Å². The smallest absolute Gasteiger partial charge is 0.257 e. The molecule has 4 nitrogen and oxygen atoms in total. The van der Waals surface area contributed by atoms with Crippen molar-refractivity contribution in [2.45, 2.75) is 18.9 Å². The summed E-state index contributed by atoms with van der Waals surface area (Å²) in [6, 6.07) is 4.70. The Labute approximate surface area is 132 Å². The lowest BCUT2D eigenvalue weighted by atomic mass is 10.1. The number of ether oxygens (including phenoxy) is 1. The lowest BCUT2D eigenvalue weighted by Crippen LogP contribution is -2.43. The summed E-state index contributed by atoms with van der Waals surface area (Å²) in [5.74, 6) is -0.787. The predicted octanol–water partition coefficient (Wildman–Crippen LogP) is 2.43. The van der Waals surface area contributed by atoms with Crippen LogP contribution in [0, 0.1) is 5.82 Å². The highest BCUT2D eigenvalue weighted by Crippen LogP contribution is 2.18. The third kappa shape index (κ3) is 4.49. The van der Waals surface area contributed by atoms with Crippen molar-refractivity contribution >= 4 is 21.8 Å². The molecule has 0 radical (unpaired) electrons. The summed E-state index contributed by atoms with van der Waals surface area (Å²) in [6.45, 7) is 2.45. The van der Waals surface area contributed by atoms with Gasteiger partial charge in [0.2, 0.25) is 0 Å². The third-order valence-electron chi connectivity index (χ3n) is 3.61. The number of carbonyl (C=O) groups excluding carboxylic acids is 1. The Kier molecular flexibility index (Phi) is 6.14. The first-order chi connectivity index (χ1) is 10.1. The fraction of sp³-hybridized carbons (Fsp3) is 0.533. The van der Waals surface area contributed by atoms with Gasteiger partial charge in [-0.15, -0.1) is 0 Å². The highest BCUT2D eigenvalue weighted by Gasteiger charge is 2.24. The summed E-state index contributed by atoms with van der Waals surface area (Å²) in [5.41, 5.74) is 0.0958. The Balaban J connectivity index is 2.13. The molecule has 1 aliphatic heterocycles. The molecule has 116 valence electrons. The molecule has 1 N–H and O–H groups in total. The van der Waals surface area contributed by atoms with E-state index >= 15 is 0 Å². The quantitative estimate of drug-likeness (QED) is 0.848. The molecule has 1 fully saturated rings. The second kappa shape index (κ2) is 7.87. The number of methoxy groups -OCH3 is 1. The van der Waals surface area contributed by atoms with E-state index in [9.17, 15) is 9.18 Å². The lowest BCUT2D eigenvalue weighted by Gasteiger charge is -2.26. The van der Waals surface area contributed by atoms with E-state index in [2.05, 4.69) is 21.2 Å². The van der Waals surface area contributed by atoms with E-state index in [0.717, 1.165) is 19.4 Å². The average Bonchev–Trinajstić information content (AvgIpc) is 2.98. The molecule has 1 aliphatic rings. The maximum atomic E-state index is 13.9. The van der Waals surface area contributed by atoms with Gasteiger partial charge in [-0.2, -0.15) is 0 Å². The zero-order valence-corrected chi connectivity index (χ0v) is 13.7. The average molecular weight is 359 g/mol. The van der Waals surface area contributed by atoms with Gasteiger partial charge in [-0.25, -0.2) is 4.39 Å². The molecule has 1 amide bonds. The molecule has 0 spiro atoms. The minimum Gasteiger partial charge on any atom is -0.383 e. The largest absolute Gasteiger partial charge is 0.383 e. The third-order valence-corrected chi connectivity index (χ3v) is 4.11. The maximum Gasteiger partial charge on any atom is 0.257 e.